The van der Waals surface area contributed by atoms with Crippen molar-refractivity contribution >= 4 is 33.2 Å². The topological polar surface area (TPSA) is 42.0 Å². The van der Waals surface area contributed by atoms with Gasteiger partial charge in [0.25, 0.3) is 5.91 Å². The predicted octanol–water partition coefficient (Wildman–Crippen LogP) is 4.50. The number of benzene rings is 1. The summed E-state index contributed by atoms with van der Waals surface area (Å²) in [5.41, 5.74) is 2.60. The normalized spacial score (nSPS) is 10.4. The van der Waals surface area contributed by atoms with Crippen LogP contribution in [-0.4, -0.2) is 10.9 Å². The van der Waals surface area contributed by atoms with Crippen LogP contribution in [0.2, 0.25) is 0 Å². The molecule has 5 heteroatoms. The molecular weight excluding hydrogens is 360 g/mol. The molecular formula is C17H13BrN2OS. The zero-order valence-corrected chi connectivity index (χ0v) is 14.0. The molecule has 3 nitrogen and oxygen atoms in total. The van der Waals surface area contributed by atoms with Crippen LogP contribution in [0.5, 0.6) is 0 Å². The van der Waals surface area contributed by atoms with Crippen LogP contribution >= 0.6 is 27.3 Å². The van der Waals surface area contributed by atoms with E-state index in [1.807, 2.05) is 41.8 Å². The van der Waals surface area contributed by atoms with E-state index in [0.717, 1.165) is 20.6 Å². The molecule has 2 heterocycles. The van der Waals surface area contributed by atoms with Crippen molar-refractivity contribution in [3.05, 3.63) is 75.7 Å². The highest BCUT2D eigenvalue weighted by molar-refractivity contribution is 9.10. The minimum absolute atomic E-state index is 0.0872. The Labute approximate surface area is 141 Å². The summed E-state index contributed by atoms with van der Waals surface area (Å²) >= 11 is 5.02. The van der Waals surface area contributed by atoms with E-state index in [2.05, 4.69) is 26.2 Å². The van der Waals surface area contributed by atoms with Crippen LogP contribution in [0.15, 0.2) is 64.6 Å². The third-order valence-corrected chi connectivity index (χ3v) is 4.52. The Kier molecular flexibility index (Phi) is 4.65. The molecule has 3 rings (SSSR count). The molecule has 0 bridgehead atoms. The molecule has 0 saturated heterocycles. The molecule has 1 aromatic carbocycles. The lowest BCUT2D eigenvalue weighted by molar-refractivity contribution is 0.0951. The summed E-state index contributed by atoms with van der Waals surface area (Å²) in [7, 11) is 0. The Morgan fingerprint density at radius 1 is 1.18 bits per heavy atom. The highest BCUT2D eigenvalue weighted by Gasteiger charge is 2.06. The third kappa shape index (κ3) is 3.61. The van der Waals surface area contributed by atoms with E-state index in [1.54, 1.807) is 29.7 Å². The van der Waals surface area contributed by atoms with Gasteiger partial charge in [-0.3, -0.25) is 9.78 Å². The van der Waals surface area contributed by atoms with E-state index >= 15 is 0 Å². The summed E-state index contributed by atoms with van der Waals surface area (Å²) in [4.78, 5) is 17.6. The number of carbonyl (C=O) groups excluding carboxylic acids is 1. The van der Waals surface area contributed by atoms with Gasteiger partial charge in [0.1, 0.15) is 0 Å². The number of nitrogens with zero attached hydrogens (tertiary/aromatic N) is 1. The van der Waals surface area contributed by atoms with Crippen LogP contribution in [0.3, 0.4) is 0 Å². The smallest absolute Gasteiger partial charge is 0.251 e. The molecule has 110 valence electrons. The summed E-state index contributed by atoms with van der Waals surface area (Å²) < 4.78 is 0.893. The fraction of sp³-hybridized carbons (Fsp3) is 0.0588. The monoisotopic (exact) mass is 372 g/mol. The minimum atomic E-state index is -0.0872. The minimum Gasteiger partial charge on any atom is -0.348 e. The maximum atomic E-state index is 12.1. The summed E-state index contributed by atoms with van der Waals surface area (Å²) in [5, 5.41) is 4.96. The van der Waals surface area contributed by atoms with Gasteiger partial charge in [-0.2, -0.15) is 0 Å². The predicted molar refractivity (Wildman–Crippen MR) is 92.9 cm³/mol. The van der Waals surface area contributed by atoms with Gasteiger partial charge in [0.15, 0.2) is 0 Å². The van der Waals surface area contributed by atoms with Crippen LogP contribution in [0.4, 0.5) is 0 Å². The molecule has 0 unspecified atom stereocenters. The standard InChI is InChI=1S/C17H13BrN2OS/c18-14-4-1-3-13(10-14)17(21)20-11-12-6-7-19-15(9-12)16-5-2-8-22-16/h1-10H,11H2,(H,20,21). The van der Waals surface area contributed by atoms with Crippen molar-refractivity contribution in [1.29, 1.82) is 0 Å². The van der Waals surface area contributed by atoms with Crippen molar-refractivity contribution in [2.75, 3.05) is 0 Å². The van der Waals surface area contributed by atoms with Gasteiger partial charge in [0, 0.05) is 22.8 Å². The SMILES string of the molecule is O=C(NCc1ccnc(-c2cccs2)c1)c1cccc(Br)c1. The summed E-state index contributed by atoms with van der Waals surface area (Å²) in [6.07, 6.45) is 1.77. The first-order chi connectivity index (χ1) is 10.7. The Bertz CT molecular complexity index is 787. The van der Waals surface area contributed by atoms with Gasteiger partial charge >= 0.3 is 0 Å². The van der Waals surface area contributed by atoms with E-state index in [1.165, 1.54) is 0 Å². The van der Waals surface area contributed by atoms with Gasteiger partial charge < -0.3 is 5.32 Å². The van der Waals surface area contributed by atoms with E-state index < -0.39 is 0 Å². The molecule has 1 amide bonds. The number of amides is 1. The van der Waals surface area contributed by atoms with Gasteiger partial charge in [-0.1, -0.05) is 28.1 Å². The van der Waals surface area contributed by atoms with Gasteiger partial charge in [0.2, 0.25) is 0 Å². The van der Waals surface area contributed by atoms with Gasteiger partial charge in [-0.15, -0.1) is 11.3 Å². The molecule has 0 aliphatic rings. The van der Waals surface area contributed by atoms with E-state index in [4.69, 9.17) is 0 Å². The second-order valence-electron chi connectivity index (χ2n) is 4.72. The number of thiophene rings is 1. The van der Waals surface area contributed by atoms with E-state index in [0.29, 0.717) is 12.1 Å². The Morgan fingerprint density at radius 2 is 2.09 bits per heavy atom. The first kappa shape index (κ1) is 14.9. The van der Waals surface area contributed by atoms with Crippen molar-refractivity contribution in [2.24, 2.45) is 0 Å². The highest BCUT2D eigenvalue weighted by Crippen LogP contribution is 2.23. The first-order valence-electron chi connectivity index (χ1n) is 6.75. The van der Waals surface area contributed by atoms with Crippen molar-refractivity contribution in [1.82, 2.24) is 10.3 Å². The molecule has 0 aliphatic carbocycles. The maximum absolute atomic E-state index is 12.1. The van der Waals surface area contributed by atoms with Crippen LogP contribution in [0.25, 0.3) is 10.6 Å². The third-order valence-electron chi connectivity index (χ3n) is 3.14. The van der Waals surface area contributed by atoms with Gasteiger partial charge in [-0.25, -0.2) is 0 Å². The fourth-order valence-corrected chi connectivity index (χ4v) is 3.15. The lowest BCUT2D eigenvalue weighted by atomic mass is 10.2. The van der Waals surface area contributed by atoms with E-state index in [9.17, 15) is 4.79 Å². The Balaban J connectivity index is 1.69. The quantitative estimate of drug-likeness (QED) is 0.732. The van der Waals surface area contributed by atoms with Crippen molar-refractivity contribution in [3.63, 3.8) is 0 Å². The summed E-state index contributed by atoms with van der Waals surface area (Å²) in [6, 6.07) is 15.3. The number of hydrogen-bond acceptors (Lipinski definition) is 3. The second kappa shape index (κ2) is 6.85. The Morgan fingerprint density at radius 3 is 2.86 bits per heavy atom. The van der Waals surface area contributed by atoms with Gasteiger partial charge in [0.05, 0.1) is 10.6 Å². The molecule has 0 atom stereocenters. The summed E-state index contributed by atoms with van der Waals surface area (Å²) in [5.74, 6) is -0.0872. The van der Waals surface area contributed by atoms with Crippen LogP contribution in [0.1, 0.15) is 15.9 Å². The lowest BCUT2D eigenvalue weighted by Crippen LogP contribution is -2.22. The average molecular weight is 373 g/mol. The highest BCUT2D eigenvalue weighted by atomic mass is 79.9. The first-order valence-corrected chi connectivity index (χ1v) is 8.42. The number of aromatic nitrogens is 1. The molecule has 22 heavy (non-hydrogen) atoms. The lowest BCUT2D eigenvalue weighted by Gasteiger charge is -2.07. The van der Waals surface area contributed by atoms with Crippen LogP contribution in [-0.2, 0) is 6.54 Å². The van der Waals surface area contributed by atoms with Crippen molar-refractivity contribution < 1.29 is 4.79 Å². The zero-order chi connectivity index (χ0) is 15.4. The average Bonchev–Trinajstić information content (AvgIpc) is 3.07. The number of rotatable bonds is 4. The number of hydrogen-bond donors (Lipinski definition) is 1. The molecule has 0 aliphatic heterocycles. The molecule has 3 aromatic rings. The fourth-order valence-electron chi connectivity index (χ4n) is 2.06. The number of nitrogens with one attached hydrogen (secondary N) is 1. The molecule has 1 N–H and O–H groups in total. The van der Waals surface area contributed by atoms with Crippen LogP contribution < -0.4 is 5.32 Å². The zero-order valence-electron chi connectivity index (χ0n) is 11.6. The van der Waals surface area contributed by atoms with Gasteiger partial charge in [-0.05, 0) is 47.3 Å². The second-order valence-corrected chi connectivity index (χ2v) is 6.58. The number of carbonyl (C=O) groups is 1. The molecule has 0 fully saturated rings. The molecule has 0 saturated carbocycles. The van der Waals surface area contributed by atoms with Crippen molar-refractivity contribution in [2.45, 2.75) is 6.54 Å². The molecule has 2 aromatic heterocycles. The number of pyridine rings is 1. The Hall–Kier alpha value is -1.98. The molecule has 0 radical (unpaired) electrons. The van der Waals surface area contributed by atoms with Crippen LogP contribution in [0, 0.1) is 0 Å². The van der Waals surface area contributed by atoms with Crippen molar-refractivity contribution in [3.8, 4) is 10.6 Å². The largest absolute Gasteiger partial charge is 0.348 e. The maximum Gasteiger partial charge on any atom is 0.251 e. The van der Waals surface area contributed by atoms with E-state index in [-0.39, 0.29) is 5.91 Å². The molecule has 0 spiro atoms. The number of halogens is 1. The summed E-state index contributed by atoms with van der Waals surface area (Å²) in [6.45, 7) is 0.478.